The number of aryl methyl sites for hydroxylation is 1. The maximum absolute atomic E-state index is 12.5. The van der Waals surface area contributed by atoms with Crippen molar-refractivity contribution in [3.05, 3.63) is 40.8 Å². The first-order valence-corrected chi connectivity index (χ1v) is 12.4. The van der Waals surface area contributed by atoms with E-state index in [-0.39, 0.29) is 11.5 Å². The minimum absolute atomic E-state index is 0.0439. The fourth-order valence-electron chi connectivity index (χ4n) is 5.50. The Labute approximate surface area is 208 Å². The van der Waals surface area contributed by atoms with Crippen LogP contribution in [0.15, 0.2) is 35.3 Å². The molecule has 1 spiro atoms. The number of carboxylic acids is 1. The average Bonchev–Trinajstić information content (AvgIpc) is 2.87. The minimum atomic E-state index is -1.16. The summed E-state index contributed by atoms with van der Waals surface area (Å²) in [6.45, 7) is 1.22. The van der Waals surface area contributed by atoms with Crippen molar-refractivity contribution >= 4 is 34.3 Å². The molecular formula is C26H31N5O5. The molecule has 0 amide bonds. The van der Waals surface area contributed by atoms with Gasteiger partial charge >= 0.3 is 5.97 Å². The Balaban J connectivity index is 1.36. The van der Waals surface area contributed by atoms with E-state index in [9.17, 15) is 14.7 Å². The molecule has 5 rings (SSSR count). The number of carboxylic acid groups (broad SMARTS) is 1. The Bertz CT molecular complexity index is 1340. The summed E-state index contributed by atoms with van der Waals surface area (Å²) >= 11 is 0. The number of benzene rings is 1. The molecule has 1 saturated heterocycles. The second kappa shape index (κ2) is 9.67. The number of rotatable bonds is 6. The molecule has 3 aromatic rings. The van der Waals surface area contributed by atoms with Gasteiger partial charge in [0.25, 0.3) is 5.56 Å². The molecule has 1 aliphatic carbocycles. The molecular weight excluding hydrogens is 462 g/mol. The van der Waals surface area contributed by atoms with Crippen LogP contribution in [0.5, 0.6) is 11.5 Å². The van der Waals surface area contributed by atoms with Crippen molar-refractivity contribution in [1.29, 1.82) is 0 Å². The molecule has 10 heteroatoms. The molecule has 2 fully saturated rings. The number of ether oxygens (including phenoxy) is 1. The summed E-state index contributed by atoms with van der Waals surface area (Å²) in [5.41, 5.74) is 1.36. The summed E-state index contributed by atoms with van der Waals surface area (Å²) in [5.74, 6) is -0.383. The van der Waals surface area contributed by atoms with Gasteiger partial charge in [0.1, 0.15) is 0 Å². The first-order chi connectivity index (χ1) is 17.3. The number of hydrogen-bond donors (Lipinski definition) is 3. The fraction of sp³-hybridized carbons (Fsp3) is 0.462. The van der Waals surface area contributed by atoms with Gasteiger partial charge in [-0.25, -0.2) is 9.78 Å². The third-order valence-electron chi connectivity index (χ3n) is 7.58. The fourth-order valence-corrected chi connectivity index (χ4v) is 5.50. The Morgan fingerprint density at radius 2 is 1.89 bits per heavy atom. The average molecular weight is 494 g/mol. The number of fused-ring (bicyclic) bond motifs is 1. The van der Waals surface area contributed by atoms with Gasteiger partial charge in [-0.2, -0.15) is 4.98 Å². The zero-order valence-corrected chi connectivity index (χ0v) is 20.4. The van der Waals surface area contributed by atoms with E-state index in [2.05, 4.69) is 20.2 Å². The van der Waals surface area contributed by atoms with E-state index in [1.807, 2.05) is 0 Å². The number of aliphatic carboxylic acids is 1. The van der Waals surface area contributed by atoms with Crippen LogP contribution in [0, 0.1) is 5.41 Å². The van der Waals surface area contributed by atoms with Crippen LogP contribution in [-0.2, 0) is 11.8 Å². The van der Waals surface area contributed by atoms with Gasteiger partial charge in [-0.15, -0.1) is 0 Å². The Morgan fingerprint density at radius 1 is 1.14 bits per heavy atom. The number of pyridine rings is 1. The number of anilines is 3. The minimum Gasteiger partial charge on any atom is -0.503 e. The lowest BCUT2D eigenvalue weighted by atomic mass is 9.68. The molecule has 36 heavy (non-hydrogen) atoms. The topological polar surface area (TPSA) is 130 Å². The maximum atomic E-state index is 12.5. The van der Waals surface area contributed by atoms with Crippen molar-refractivity contribution in [3.63, 3.8) is 0 Å². The van der Waals surface area contributed by atoms with Gasteiger partial charge in [0.2, 0.25) is 5.95 Å². The van der Waals surface area contributed by atoms with Crippen molar-refractivity contribution in [1.82, 2.24) is 14.5 Å². The predicted octanol–water partition coefficient (Wildman–Crippen LogP) is 3.79. The van der Waals surface area contributed by atoms with Crippen molar-refractivity contribution in [2.24, 2.45) is 12.5 Å². The predicted molar refractivity (Wildman–Crippen MR) is 136 cm³/mol. The molecule has 3 N–H and O–H groups in total. The van der Waals surface area contributed by atoms with Crippen molar-refractivity contribution in [3.8, 4) is 11.5 Å². The van der Waals surface area contributed by atoms with Crippen LogP contribution in [0.2, 0.25) is 0 Å². The molecule has 10 nitrogen and oxygen atoms in total. The second-order valence-electron chi connectivity index (χ2n) is 9.91. The number of aromatic hydroxyl groups is 1. The van der Waals surface area contributed by atoms with Gasteiger partial charge < -0.3 is 29.7 Å². The normalized spacial score (nSPS) is 17.3. The molecule has 2 aromatic heterocycles. The molecule has 0 bridgehead atoms. The van der Waals surface area contributed by atoms with E-state index in [0.29, 0.717) is 33.8 Å². The van der Waals surface area contributed by atoms with E-state index >= 15 is 0 Å². The Hall–Kier alpha value is -3.82. The van der Waals surface area contributed by atoms with Crippen LogP contribution in [0.4, 0.5) is 17.5 Å². The number of piperidine rings is 1. The van der Waals surface area contributed by atoms with Gasteiger partial charge in [-0.05, 0) is 55.4 Å². The van der Waals surface area contributed by atoms with Gasteiger partial charge in [0, 0.05) is 31.2 Å². The number of nitrogens with one attached hydrogen (secondary N) is 1. The van der Waals surface area contributed by atoms with Crippen molar-refractivity contribution < 1.29 is 19.7 Å². The third kappa shape index (κ3) is 4.80. The highest BCUT2D eigenvalue weighted by atomic mass is 16.5. The quantitative estimate of drug-likeness (QED) is 0.469. The van der Waals surface area contributed by atoms with Crippen molar-refractivity contribution in [2.45, 2.75) is 44.9 Å². The first-order valence-electron chi connectivity index (χ1n) is 12.4. The summed E-state index contributed by atoms with van der Waals surface area (Å²) in [6, 6.07) is 6.87. The van der Waals surface area contributed by atoms with Crippen LogP contribution in [0.25, 0.3) is 10.9 Å². The summed E-state index contributed by atoms with van der Waals surface area (Å²) in [6.07, 6.45) is 10.4. The highest BCUT2D eigenvalue weighted by molar-refractivity contribution is 5.85. The standard InChI is InChI=1S/C26H31N5O5/c1-30-19-6-5-18(13-17(19)14-21(24(30)35)36-16-22(33)34)28-23-20(32)15-27-25(29-23)31-11-9-26(10-12-31)7-3-2-4-8-26/h5-6,13-15,32H,2-4,7-12,16H2,1H3,(H,33,34)(H,27,28,29). The summed E-state index contributed by atoms with van der Waals surface area (Å²) in [5, 5.41) is 23.1. The lowest BCUT2D eigenvalue weighted by Gasteiger charge is -2.44. The van der Waals surface area contributed by atoms with Gasteiger partial charge in [0.15, 0.2) is 23.9 Å². The molecule has 190 valence electrons. The van der Waals surface area contributed by atoms with Crippen LogP contribution in [0.3, 0.4) is 0 Å². The SMILES string of the molecule is Cn1c(=O)c(OCC(=O)O)cc2cc(Nc3nc(N4CCC5(CCCCC5)CC4)ncc3O)ccc21. The largest absolute Gasteiger partial charge is 0.503 e. The molecule has 0 radical (unpaired) electrons. The van der Waals surface area contributed by atoms with Crippen LogP contribution >= 0.6 is 0 Å². The summed E-state index contributed by atoms with van der Waals surface area (Å²) < 4.78 is 6.58. The van der Waals surface area contributed by atoms with Gasteiger partial charge in [0.05, 0.1) is 11.7 Å². The van der Waals surface area contributed by atoms with Gasteiger partial charge in [-0.3, -0.25) is 4.79 Å². The molecule has 3 heterocycles. The number of hydrogen-bond acceptors (Lipinski definition) is 8. The highest BCUT2D eigenvalue weighted by Crippen LogP contribution is 2.45. The monoisotopic (exact) mass is 493 g/mol. The van der Waals surface area contributed by atoms with E-state index in [0.717, 1.165) is 25.9 Å². The Kier molecular flexibility index (Phi) is 6.42. The molecule has 1 saturated carbocycles. The first kappa shape index (κ1) is 23.9. The molecule has 1 aromatic carbocycles. The number of aromatic nitrogens is 3. The van der Waals surface area contributed by atoms with Crippen molar-refractivity contribution in [2.75, 3.05) is 29.9 Å². The van der Waals surface area contributed by atoms with E-state index in [1.54, 1.807) is 25.2 Å². The van der Waals surface area contributed by atoms with Crippen LogP contribution in [0.1, 0.15) is 44.9 Å². The smallest absolute Gasteiger partial charge is 0.341 e. The Morgan fingerprint density at radius 3 is 2.61 bits per heavy atom. The van der Waals surface area contributed by atoms with E-state index in [1.165, 1.54) is 48.9 Å². The zero-order chi connectivity index (χ0) is 25.3. The van der Waals surface area contributed by atoms with Crippen LogP contribution < -0.4 is 20.5 Å². The summed E-state index contributed by atoms with van der Waals surface area (Å²) in [7, 11) is 1.60. The second-order valence-corrected chi connectivity index (χ2v) is 9.91. The molecule has 1 aliphatic heterocycles. The third-order valence-corrected chi connectivity index (χ3v) is 7.58. The lowest BCUT2D eigenvalue weighted by Crippen LogP contribution is -2.41. The highest BCUT2D eigenvalue weighted by Gasteiger charge is 2.36. The lowest BCUT2D eigenvalue weighted by molar-refractivity contribution is -0.139. The van der Waals surface area contributed by atoms with E-state index in [4.69, 9.17) is 9.84 Å². The molecule has 0 unspecified atom stereocenters. The molecule has 2 aliphatic rings. The zero-order valence-electron chi connectivity index (χ0n) is 20.4. The maximum Gasteiger partial charge on any atom is 0.341 e. The number of nitrogens with zero attached hydrogens (tertiary/aromatic N) is 4. The number of carbonyl (C=O) groups is 1. The molecule has 0 atom stereocenters. The van der Waals surface area contributed by atoms with E-state index < -0.39 is 18.1 Å². The van der Waals surface area contributed by atoms with Gasteiger partial charge in [-0.1, -0.05) is 19.3 Å². The van der Waals surface area contributed by atoms with Crippen LogP contribution in [-0.4, -0.2) is 50.4 Å². The summed E-state index contributed by atoms with van der Waals surface area (Å²) in [4.78, 5) is 34.5.